The van der Waals surface area contributed by atoms with Gasteiger partial charge in [-0.1, -0.05) is 0 Å². The van der Waals surface area contributed by atoms with E-state index in [1.165, 1.54) is 0 Å². The molecule has 0 amide bonds. The van der Waals surface area contributed by atoms with E-state index < -0.39 is 29.3 Å². The average molecular weight is 871 g/mol. The van der Waals surface area contributed by atoms with E-state index in [0.717, 1.165) is 0 Å². The Bertz CT molecular complexity index is 100. The summed E-state index contributed by atoms with van der Waals surface area (Å²) >= 11 is 0. The summed E-state index contributed by atoms with van der Waals surface area (Å²) in [6.07, 6.45) is 0. The summed E-state index contributed by atoms with van der Waals surface area (Å²) in [6, 6.07) is 0. The van der Waals surface area contributed by atoms with Gasteiger partial charge in [-0.15, -0.1) is 0 Å². The molecule has 0 aliphatic heterocycles. The molecule has 0 aliphatic carbocycles. The van der Waals surface area contributed by atoms with E-state index in [-0.39, 0.29) is 464 Å². The molecule has 0 aliphatic rings. The van der Waals surface area contributed by atoms with Crippen LogP contribution >= 0.6 is 0 Å². The molecule has 0 spiro atoms. The predicted octanol–water partition coefficient (Wildman–Crippen LogP) is -68.2. The van der Waals surface area contributed by atoms with E-state index in [9.17, 15) is 0 Å². The Morgan fingerprint density at radius 3 is 0.125 bits per heavy atom. The third-order valence-electron chi connectivity index (χ3n) is 0. The first-order valence-corrected chi connectivity index (χ1v) is 2.83. The molecule has 0 saturated heterocycles. The third-order valence-corrected chi connectivity index (χ3v) is 0. The largest absolute Gasteiger partial charge is 1.00 e. The van der Waals surface area contributed by atoms with Gasteiger partial charge in [-0.3, -0.25) is 29.3 Å². The van der Waals surface area contributed by atoms with Gasteiger partial charge in [0.15, 0.2) is 0 Å². The third kappa shape index (κ3) is 1480. The molecule has 0 aromatic rings. The SMILES string of the molecule is O.O.O.O.O.O.O.O.O.O.O.O.O.O.O.O.O.O.O.O.[Na+].[Na+].[Na+].[Na+].[Na+].[Na+].[Na+].[Na+].[Na+].[Na+].[Na+].[Na+].[O-]B([O-])[O-].[O-]B([O-])[O-].[O-]B([O-])[O-].[O-]B([O-])[O-]. The van der Waals surface area contributed by atoms with Crippen molar-refractivity contribution in [1.82, 2.24) is 0 Å². The van der Waals surface area contributed by atoms with Gasteiger partial charge >= 0.3 is 355 Å². The zero-order chi connectivity index (χ0) is 14.3. The van der Waals surface area contributed by atoms with E-state index in [0.29, 0.717) is 0 Å². The molecule has 0 heterocycles. The van der Waals surface area contributed by atoms with Crippen LogP contribution in [-0.2, 0) is 0 Å². The zero-order valence-corrected chi connectivity index (χ0v) is 53.2. The fourth-order valence-corrected chi connectivity index (χ4v) is 0. The first kappa shape index (κ1) is 375. The van der Waals surface area contributed by atoms with Crippen molar-refractivity contribution in [3.63, 3.8) is 0 Å². The topological polar surface area (TPSA) is 907 Å². The van der Waals surface area contributed by atoms with Crippen molar-refractivity contribution in [2.45, 2.75) is 0 Å². The van der Waals surface area contributed by atoms with Crippen LogP contribution in [0.5, 0.6) is 0 Å². The van der Waals surface area contributed by atoms with Gasteiger partial charge in [0.1, 0.15) is 0 Å². The van der Waals surface area contributed by atoms with Gasteiger partial charge in [0.05, 0.1) is 0 Å². The monoisotopic (exact) mass is 872 g/mol. The Balaban J connectivity index is -0.000000000963. The maximum absolute atomic E-state index is 8.42. The van der Waals surface area contributed by atoms with Crippen molar-refractivity contribution < 1.29 is 524 Å². The Kier molecular flexibility index (Phi) is 2790. The summed E-state index contributed by atoms with van der Waals surface area (Å²) < 4.78 is 0. The molecule has 0 radical (unpaired) electrons. The molecule has 256 valence electrons. The maximum Gasteiger partial charge on any atom is 1.00 e. The quantitative estimate of drug-likeness (QED) is 0.205. The van der Waals surface area contributed by atoms with Crippen molar-refractivity contribution in [3.8, 4) is 0 Å². The Hall–Kier alpha value is 11.0. The van der Waals surface area contributed by atoms with Crippen LogP contribution in [0.15, 0.2) is 0 Å². The average Bonchev–Trinajstić information content (AvgIpc) is 1.76. The fourth-order valence-electron chi connectivity index (χ4n) is 0. The van der Waals surface area contributed by atoms with E-state index in [1.807, 2.05) is 0 Å². The van der Waals surface area contributed by atoms with Crippen LogP contribution in [-0.4, -0.2) is 139 Å². The van der Waals surface area contributed by atoms with Crippen LogP contribution in [0, 0.1) is 0 Å². The molecular weight excluding hydrogens is 831 g/mol. The molecule has 0 saturated carbocycles. The molecule has 40 N–H and O–H groups in total. The Morgan fingerprint density at radius 2 is 0.125 bits per heavy atom. The van der Waals surface area contributed by atoms with Crippen LogP contribution in [0.3, 0.4) is 0 Å². The number of rotatable bonds is 0. The molecule has 0 bridgehead atoms. The van der Waals surface area contributed by atoms with Gasteiger partial charge in [0.25, 0.3) is 0 Å². The van der Waals surface area contributed by atoms with Crippen molar-refractivity contribution in [2.75, 3.05) is 0 Å². The van der Waals surface area contributed by atoms with Crippen molar-refractivity contribution in [2.24, 2.45) is 0 Å². The Morgan fingerprint density at radius 1 is 0.125 bits per heavy atom. The first-order valence-electron chi connectivity index (χ1n) is 2.83. The molecular formula is H40B4Na12O32. The summed E-state index contributed by atoms with van der Waals surface area (Å²) in [7, 11) is -11.7. The van der Waals surface area contributed by atoms with Gasteiger partial charge in [-0.05, 0) is 0 Å². The van der Waals surface area contributed by atoms with E-state index in [4.69, 9.17) is 60.3 Å². The molecule has 48 heavy (non-hydrogen) atoms. The molecule has 0 atom stereocenters. The molecule has 0 rings (SSSR count). The summed E-state index contributed by atoms with van der Waals surface area (Å²) in [5.41, 5.74) is 0. The molecule has 0 aromatic carbocycles. The second kappa shape index (κ2) is 356. The second-order valence-electron chi connectivity index (χ2n) is 1.15. The van der Waals surface area contributed by atoms with Gasteiger partial charge in [0.2, 0.25) is 0 Å². The van der Waals surface area contributed by atoms with Crippen molar-refractivity contribution in [3.05, 3.63) is 0 Å². The standard InChI is InChI=1S/4BO3.12Na.20H2O/c4*2-1(3)4;;;;;;;;;;;;;;;;;;;;;;;;;;;;;;;;/h;;;;;;;;;;;;;;;;20*1H2/q4*-3;12*+1;;;;;;;;;;;;;;;;;;;;. The van der Waals surface area contributed by atoms with Gasteiger partial charge < -0.3 is 170 Å². The number of hydrogen-bond donors (Lipinski definition) is 0. The molecule has 48 heteroatoms. The van der Waals surface area contributed by atoms with Crippen LogP contribution in [0.4, 0.5) is 0 Å². The van der Waals surface area contributed by atoms with Crippen LogP contribution in [0.1, 0.15) is 0 Å². The normalized spacial score (nSPS) is 2.25. The number of hydrogen-bond acceptors (Lipinski definition) is 12. The summed E-state index contributed by atoms with van der Waals surface area (Å²) in [5, 5.41) is 101. The minimum Gasteiger partial charge on any atom is -0.907 e. The molecule has 0 unspecified atom stereocenters. The minimum absolute atomic E-state index is 0. The zero-order valence-electron chi connectivity index (χ0n) is 29.2. The van der Waals surface area contributed by atoms with Gasteiger partial charge in [-0.2, -0.15) is 0 Å². The summed E-state index contributed by atoms with van der Waals surface area (Å²) in [4.78, 5) is 0. The van der Waals surface area contributed by atoms with Gasteiger partial charge in [0, 0.05) is 0 Å². The van der Waals surface area contributed by atoms with Crippen molar-refractivity contribution >= 4 is 29.3 Å². The smallest absolute Gasteiger partial charge is 0.907 e. The molecule has 0 aromatic heterocycles. The Labute approximate surface area is 541 Å². The van der Waals surface area contributed by atoms with E-state index >= 15 is 0 Å². The molecule has 32 nitrogen and oxygen atoms in total. The minimum atomic E-state index is -2.92. The van der Waals surface area contributed by atoms with Gasteiger partial charge in [-0.25, -0.2) is 0 Å². The molecule has 0 fully saturated rings. The van der Waals surface area contributed by atoms with E-state index in [1.54, 1.807) is 0 Å². The summed E-state index contributed by atoms with van der Waals surface area (Å²) in [6.45, 7) is 0. The fraction of sp³-hybridized carbons (Fsp3) is 0. The summed E-state index contributed by atoms with van der Waals surface area (Å²) in [5.74, 6) is 0. The van der Waals surface area contributed by atoms with E-state index in [2.05, 4.69) is 0 Å². The second-order valence-corrected chi connectivity index (χ2v) is 1.15. The van der Waals surface area contributed by atoms with Crippen LogP contribution in [0.25, 0.3) is 0 Å². The maximum atomic E-state index is 8.42. The predicted molar refractivity (Wildman–Crippen MR) is 95.3 cm³/mol. The van der Waals surface area contributed by atoms with Crippen molar-refractivity contribution in [1.29, 1.82) is 0 Å². The van der Waals surface area contributed by atoms with Crippen LogP contribution in [0.2, 0.25) is 0 Å². The van der Waals surface area contributed by atoms with Crippen LogP contribution < -0.4 is 415 Å². The first-order chi connectivity index (χ1) is 6.93.